The predicted molar refractivity (Wildman–Crippen MR) is 95.0 cm³/mol. The van der Waals surface area contributed by atoms with Crippen molar-refractivity contribution in [1.82, 2.24) is 0 Å². The van der Waals surface area contributed by atoms with E-state index in [4.69, 9.17) is 9.47 Å². The number of fused-ring (bicyclic) bond motifs is 1. The van der Waals surface area contributed by atoms with Gasteiger partial charge in [-0.2, -0.15) is 0 Å². The molecular formula is C19H20N2O4. The van der Waals surface area contributed by atoms with Crippen LogP contribution in [0.5, 0.6) is 11.5 Å². The molecule has 6 nitrogen and oxygen atoms in total. The van der Waals surface area contributed by atoms with Crippen LogP contribution < -0.4 is 20.1 Å². The number of para-hydroxylation sites is 1. The molecule has 0 aromatic heterocycles. The summed E-state index contributed by atoms with van der Waals surface area (Å²) in [6, 6.07) is 14.7. The second kappa shape index (κ2) is 8.19. The molecule has 0 fully saturated rings. The number of benzene rings is 2. The Kier molecular flexibility index (Phi) is 5.51. The quantitative estimate of drug-likeness (QED) is 0.792. The van der Waals surface area contributed by atoms with Crippen molar-refractivity contribution in [2.75, 3.05) is 23.8 Å². The van der Waals surface area contributed by atoms with Crippen LogP contribution in [0.3, 0.4) is 0 Å². The third kappa shape index (κ3) is 4.97. The normalized spacial score (nSPS) is 13.0. The van der Waals surface area contributed by atoms with E-state index >= 15 is 0 Å². The third-order valence-electron chi connectivity index (χ3n) is 3.68. The van der Waals surface area contributed by atoms with Crippen molar-refractivity contribution in [2.24, 2.45) is 0 Å². The minimum absolute atomic E-state index is 0.0970. The van der Waals surface area contributed by atoms with Gasteiger partial charge in [-0.3, -0.25) is 9.59 Å². The van der Waals surface area contributed by atoms with Gasteiger partial charge in [-0.15, -0.1) is 0 Å². The van der Waals surface area contributed by atoms with E-state index in [1.54, 1.807) is 18.2 Å². The average molecular weight is 340 g/mol. The molecule has 1 aliphatic rings. The number of hydrogen-bond acceptors (Lipinski definition) is 4. The molecule has 1 aliphatic heterocycles. The summed E-state index contributed by atoms with van der Waals surface area (Å²) in [6.07, 6.45) is 1.29. The van der Waals surface area contributed by atoms with Crippen LogP contribution in [0.25, 0.3) is 0 Å². The van der Waals surface area contributed by atoms with E-state index < -0.39 is 0 Å². The molecular weight excluding hydrogens is 320 g/mol. The Hall–Kier alpha value is -3.02. The largest absolute Gasteiger partial charge is 0.494 e. The molecule has 25 heavy (non-hydrogen) atoms. The zero-order chi connectivity index (χ0) is 17.5. The maximum atomic E-state index is 12.0. The lowest BCUT2D eigenvalue weighted by molar-refractivity contribution is -0.117. The highest BCUT2D eigenvalue weighted by atomic mass is 16.5. The van der Waals surface area contributed by atoms with E-state index in [1.807, 2.05) is 30.3 Å². The van der Waals surface area contributed by atoms with Crippen LogP contribution in [0.2, 0.25) is 0 Å². The van der Waals surface area contributed by atoms with Gasteiger partial charge in [-0.05, 0) is 36.8 Å². The first-order valence-corrected chi connectivity index (χ1v) is 8.25. The van der Waals surface area contributed by atoms with Crippen LogP contribution >= 0.6 is 0 Å². The van der Waals surface area contributed by atoms with Crippen LogP contribution in [0.4, 0.5) is 11.4 Å². The maximum Gasteiger partial charge on any atom is 0.227 e. The Morgan fingerprint density at radius 2 is 2.04 bits per heavy atom. The van der Waals surface area contributed by atoms with Gasteiger partial charge in [0.2, 0.25) is 11.8 Å². The number of hydrogen-bond donors (Lipinski definition) is 2. The van der Waals surface area contributed by atoms with Crippen molar-refractivity contribution in [3.8, 4) is 11.5 Å². The summed E-state index contributed by atoms with van der Waals surface area (Å²) in [7, 11) is 0. The molecule has 0 saturated carbocycles. The molecule has 2 amide bonds. The fourth-order valence-corrected chi connectivity index (χ4v) is 2.46. The van der Waals surface area contributed by atoms with Gasteiger partial charge in [0.05, 0.1) is 25.3 Å². The van der Waals surface area contributed by atoms with Gasteiger partial charge in [0.1, 0.15) is 11.5 Å². The van der Waals surface area contributed by atoms with Gasteiger partial charge in [0.25, 0.3) is 0 Å². The molecule has 1 heterocycles. The van der Waals surface area contributed by atoms with E-state index in [9.17, 15) is 9.59 Å². The van der Waals surface area contributed by atoms with Crippen molar-refractivity contribution in [3.63, 3.8) is 0 Å². The van der Waals surface area contributed by atoms with Gasteiger partial charge < -0.3 is 20.1 Å². The van der Waals surface area contributed by atoms with E-state index in [1.165, 1.54) is 0 Å². The highest BCUT2D eigenvalue weighted by Crippen LogP contribution is 2.30. The van der Waals surface area contributed by atoms with Crippen molar-refractivity contribution < 1.29 is 19.1 Å². The van der Waals surface area contributed by atoms with Crippen molar-refractivity contribution in [3.05, 3.63) is 48.5 Å². The smallest absolute Gasteiger partial charge is 0.227 e. The number of anilines is 2. The van der Waals surface area contributed by atoms with E-state index in [0.29, 0.717) is 49.6 Å². The van der Waals surface area contributed by atoms with E-state index in [2.05, 4.69) is 10.6 Å². The van der Waals surface area contributed by atoms with Gasteiger partial charge >= 0.3 is 0 Å². The standard InChI is InChI=1S/C19H20N2O4/c22-18(7-4-11-24-15-5-2-1-3-6-15)20-14-8-9-17-16(13-14)21-19(23)10-12-25-17/h1-3,5-6,8-9,13H,4,7,10-12H2,(H,20,22)(H,21,23). The predicted octanol–water partition coefficient (Wildman–Crippen LogP) is 3.21. The Morgan fingerprint density at radius 3 is 2.88 bits per heavy atom. The Balaban J connectivity index is 1.47. The summed E-state index contributed by atoms with van der Waals surface area (Å²) in [5, 5.41) is 5.60. The number of nitrogens with one attached hydrogen (secondary N) is 2. The molecule has 0 saturated heterocycles. The molecule has 0 atom stereocenters. The van der Waals surface area contributed by atoms with E-state index in [-0.39, 0.29) is 11.8 Å². The molecule has 0 spiro atoms. The number of amides is 2. The zero-order valence-electron chi connectivity index (χ0n) is 13.8. The van der Waals surface area contributed by atoms with Crippen molar-refractivity contribution in [1.29, 1.82) is 0 Å². The summed E-state index contributed by atoms with van der Waals surface area (Å²) < 4.78 is 11.1. The molecule has 0 aliphatic carbocycles. The molecule has 2 aromatic rings. The number of rotatable bonds is 6. The van der Waals surface area contributed by atoms with Crippen LogP contribution in [-0.2, 0) is 9.59 Å². The second-order valence-corrected chi connectivity index (χ2v) is 5.67. The fraction of sp³-hybridized carbons (Fsp3) is 0.263. The maximum absolute atomic E-state index is 12.0. The molecule has 0 unspecified atom stereocenters. The molecule has 3 rings (SSSR count). The minimum Gasteiger partial charge on any atom is -0.494 e. The van der Waals surface area contributed by atoms with Gasteiger partial charge in [0.15, 0.2) is 0 Å². The molecule has 0 radical (unpaired) electrons. The monoisotopic (exact) mass is 340 g/mol. The Morgan fingerprint density at radius 1 is 1.20 bits per heavy atom. The lowest BCUT2D eigenvalue weighted by atomic mass is 10.2. The zero-order valence-corrected chi connectivity index (χ0v) is 13.8. The summed E-state index contributed by atoms with van der Waals surface area (Å²) in [5.41, 5.74) is 1.20. The Bertz CT molecular complexity index is 746. The van der Waals surface area contributed by atoms with Crippen LogP contribution in [-0.4, -0.2) is 25.0 Å². The first-order chi connectivity index (χ1) is 12.2. The van der Waals surface area contributed by atoms with Crippen LogP contribution in [0.1, 0.15) is 19.3 Å². The van der Waals surface area contributed by atoms with Crippen molar-refractivity contribution >= 4 is 23.2 Å². The van der Waals surface area contributed by atoms with Crippen LogP contribution in [0, 0.1) is 0 Å². The summed E-state index contributed by atoms with van der Waals surface area (Å²) in [5.74, 6) is 1.21. The topological polar surface area (TPSA) is 76.7 Å². The number of carbonyl (C=O) groups excluding carboxylic acids is 2. The van der Waals surface area contributed by atoms with Gasteiger partial charge in [-0.25, -0.2) is 0 Å². The molecule has 2 N–H and O–H groups in total. The lowest BCUT2D eigenvalue weighted by Gasteiger charge is -2.11. The Labute approximate surface area is 146 Å². The highest BCUT2D eigenvalue weighted by Gasteiger charge is 2.14. The van der Waals surface area contributed by atoms with Gasteiger partial charge in [0, 0.05) is 12.1 Å². The SMILES string of the molecule is O=C(CCCOc1ccccc1)Nc1ccc2c(c1)NC(=O)CCO2. The second-order valence-electron chi connectivity index (χ2n) is 5.67. The third-order valence-corrected chi connectivity index (χ3v) is 3.68. The lowest BCUT2D eigenvalue weighted by Crippen LogP contribution is -2.13. The molecule has 6 heteroatoms. The fourth-order valence-electron chi connectivity index (χ4n) is 2.46. The van der Waals surface area contributed by atoms with Crippen LogP contribution in [0.15, 0.2) is 48.5 Å². The first kappa shape index (κ1) is 16.8. The molecule has 130 valence electrons. The first-order valence-electron chi connectivity index (χ1n) is 8.25. The van der Waals surface area contributed by atoms with E-state index in [0.717, 1.165) is 5.75 Å². The summed E-state index contributed by atoms with van der Waals surface area (Å²) in [4.78, 5) is 23.6. The van der Waals surface area contributed by atoms with Gasteiger partial charge in [-0.1, -0.05) is 18.2 Å². The molecule has 2 aromatic carbocycles. The molecule has 0 bridgehead atoms. The number of ether oxygens (including phenoxy) is 2. The van der Waals surface area contributed by atoms with Crippen molar-refractivity contribution in [2.45, 2.75) is 19.3 Å². The number of carbonyl (C=O) groups is 2. The average Bonchev–Trinajstić information content (AvgIpc) is 2.80. The summed E-state index contributed by atoms with van der Waals surface area (Å²) in [6.45, 7) is 0.831. The summed E-state index contributed by atoms with van der Waals surface area (Å²) >= 11 is 0. The highest BCUT2D eigenvalue weighted by molar-refractivity contribution is 5.96. The minimum atomic E-state index is -0.0996.